The summed E-state index contributed by atoms with van der Waals surface area (Å²) >= 11 is 0. The molecule has 2 aromatic rings. The van der Waals surface area contributed by atoms with Gasteiger partial charge >= 0.3 is 6.18 Å². The number of carbonyl (C=O) groups is 1. The van der Waals surface area contributed by atoms with Crippen molar-refractivity contribution in [3.63, 3.8) is 0 Å². The molecule has 3 rings (SSSR count). The predicted molar refractivity (Wildman–Crippen MR) is 91.9 cm³/mol. The molecule has 0 aromatic heterocycles. The number of carbonyl (C=O) groups excluding carboxylic acids is 1. The molecule has 1 N–H and O–H groups in total. The molecule has 1 heterocycles. The van der Waals surface area contributed by atoms with E-state index in [0.717, 1.165) is 11.1 Å². The van der Waals surface area contributed by atoms with Gasteiger partial charge in [-0.1, -0.05) is 24.3 Å². The van der Waals surface area contributed by atoms with Gasteiger partial charge in [0.1, 0.15) is 5.75 Å². The van der Waals surface area contributed by atoms with Crippen LogP contribution >= 0.6 is 0 Å². The molecule has 0 unspecified atom stereocenters. The first-order valence-corrected chi connectivity index (χ1v) is 8.30. The van der Waals surface area contributed by atoms with Gasteiger partial charge in [-0.2, -0.15) is 13.2 Å². The van der Waals surface area contributed by atoms with E-state index in [-0.39, 0.29) is 37.8 Å². The number of phenolic OH excluding ortho intramolecular Hbond substituents is 1. The Morgan fingerprint density at radius 3 is 2.23 bits per heavy atom. The minimum atomic E-state index is -4.22. The summed E-state index contributed by atoms with van der Waals surface area (Å²) in [5.41, 5.74) is 2.21. The number of hydrogen-bond donors (Lipinski definition) is 1. The first kappa shape index (κ1) is 18.3. The van der Waals surface area contributed by atoms with Crippen LogP contribution in [0.1, 0.15) is 10.4 Å². The van der Waals surface area contributed by atoms with Gasteiger partial charge in [-0.05, 0) is 35.4 Å². The van der Waals surface area contributed by atoms with Crippen LogP contribution in [0.15, 0.2) is 48.5 Å². The number of hydrogen-bond acceptors (Lipinski definition) is 3. The highest BCUT2D eigenvalue weighted by Crippen LogP contribution is 2.24. The summed E-state index contributed by atoms with van der Waals surface area (Å²) in [4.78, 5) is 15.6. The van der Waals surface area contributed by atoms with Crippen LogP contribution in [0.5, 0.6) is 5.75 Å². The molecule has 0 radical (unpaired) electrons. The second kappa shape index (κ2) is 7.37. The fourth-order valence-corrected chi connectivity index (χ4v) is 3.03. The molecule has 138 valence electrons. The van der Waals surface area contributed by atoms with Gasteiger partial charge in [-0.25, -0.2) is 0 Å². The van der Waals surface area contributed by atoms with Crippen molar-refractivity contribution >= 4 is 5.91 Å². The summed E-state index contributed by atoms with van der Waals surface area (Å²) in [6.45, 7) is 0.0356. The summed E-state index contributed by atoms with van der Waals surface area (Å²) in [6.07, 6.45) is -4.22. The highest BCUT2D eigenvalue weighted by molar-refractivity contribution is 5.95. The van der Waals surface area contributed by atoms with Crippen molar-refractivity contribution < 1.29 is 23.1 Å². The van der Waals surface area contributed by atoms with Crippen LogP contribution in [-0.4, -0.2) is 59.7 Å². The van der Waals surface area contributed by atoms with Crippen LogP contribution in [0.25, 0.3) is 11.1 Å². The summed E-state index contributed by atoms with van der Waals surface area (Å²) in [7, 11) is 0. The average molecular weight is 364 g/mol. The Morgan fingerprint density at radius 2 is 1.62 bits per heavy atom. The van der Waals surface area contributed by atoms with Crippen molar-refractivity contribution in [1.29, 1.82) is 0 Å². The van der Waals surface area contributed by atoms with E-state index in [1.54, 1.807) is 47.4 Å². The van der Waals surface area contributed by atoms with Crippen LogP contribution in [0.3, 0.4) is 0 Å². The molecule has 1 aliphatic rings. The first-order valence-electron chi connectivity index (χ1n) is 8.30. The van der Waals surface area contributed by atoms with Gasteiger partial charge in [0.05, 0.1) is 6.54 Å². The monoisotopic (exact) mass is 364 g/mol. The lowest BCUT2D eigenvalue weighted by atomic mass is 10.0. The lowest BCUT2D eigenvalue weighted by Crippen LogP contribution is -2.50. The Bertz CT molecular complexity index is 767. The Hall–Kier alpha value is -2.54. The molecule has 0 saturated carbocycles. The molecule has 1 fully saturated rings. The van der Waals surface area contributed by atoms with E-state index in [2.05, 4.69) is 0 Å². The number of aromatic hydroxyl groups is 1. The van der Waals surface area contributed by atoms with E-state index >= 15 is 0 Å². The molecule has 1 saturated heterocycles. The molecule has 4 nitrogen and oxygen atoms in total. The standard InChI is InChI=1S/C19H19F3N2O2/c20-19(21,22)13-23-8-10-24(11-9-23)18(26)16-3-1-2-15(12-16)14-4-6-17(25)7-5-14/h1-7,12,25H,8-11,13H2. The van der Waals surface area contributed by atoms with E-state index in [1.807, 2.05) is 6.07 Å². The fraction of sp³-hybridized carbons (Fsp3) is 0.316. The van der Waals surface area contributed by atoms with Gasteiger partial charge < -0.3 is 10.0 Å². The van der Waals surface area contributed by atoms with Crippen molar-refractivity contribution in [2.24, 2.45) is 0 Å². The maximum Gasteiger partial charge on any atom is 0.401 e. The van der Waals surface area contributed by atoms with Crippen molar-refractivity contribution in [2.45, 2.75) is 6.18 Å². The van der Waals surface area contributed by atoms with Crippen molar-refractivity contribution in [3.05, 3.63) is 54.1 Å². The molecule has 7 heteroatoms. The Labute approximate surface area is 149 Å². The van der Waals surface area contributed by atoms with E-state index < -0.39 is 12.7 Å². The number of piperazine rings is 1. The Balaban J connectivity index is 1.67. The molecule has 0 spiro atoms. The van der Waals surface area contributed by atoms with Crippen molar-refractivity contribution in [2.75, 3.05) is 32.7 Å². The van der Waals surface area contributed by atoms with Gasteiger partial charge in [0, 0.05) is 31.7 Å². The molecule has 2 aromatic carbocycles. The highest BCUT2D eigenvalue weighted by Gasteiger charge is 2.33. The SMILES string of the molecule is O=C(c1cccc(-c2ccc(O)cc2)c1)N1CCN(CC(F)(F)F)CC1. The van der Waals surface area contributed by atoms with Gasteiger partial charge in [0.15, 0.2) is 0 Å². The van der Waals surface area contributed by atoms with E-state index in [4.69, 9.17) is 0 Å². The lowest BCUT2D eigenvalue weighted by Gasteiger charge is -2.35. The third-order valence-electron chi connectivity index (χ3n) is 4.37. The molecule has 1 aliphatic heterocycles. The maximum atomic E-state index is 12.7. The Kier molecular flexibility index (Phi) is 5.18. The zero-order chi connectivity index (χ0) is 18.7. The molecular formula is C19H19F3N2O2. The summed E-state index contributed by atoms with van der Waals surface area (Å²) in [5, 5.41) is 9.37. The maximum absolute atomic E-state index is 12.7. The minimum absolute atomic E-state index is 0.165. The number of phenols is 1. The zero-order valence-electron chi connectivity index (χ0n) is 14.0. The third-order valence-corrected chi connectivity index (χ3v) is 4.37. The molecule has 0 atom stereocenters. The zero-order valence-corrected chi connectivity index (χ0v) is 14.0. The molecular weight excluding hydrogens is 345 g/mol. The van der Waals surface area contributed by atoms with Gasteiger partial charge in [-0.15, -0.1) is 0 Å². The number of benzene rings is 2. The van der Waals surface area contributed by atoms with E-state index in [9.17, 15) is 23.1 Å². The summed E-state index contributed by atoms with van der Waals surface area (Å²) in [5.74, 6) is -0.0185. The number of amides is 1. The second-order valence-corrected chi connectivity index (χ2v) is 6.31. The number of halogens is 3. The van der Waals surface area contributed by atoms with Crippen LogP contribution in [0.4, 0.5) is 13.2 Å². The lowest BCUT2D eigenvalue weighted by molar-refractivity contribution is -0.148. The number of rotatable bonds is 3. The summed E-state index contributed by atoms with van der Waals surface area (Å²) < 4.78 is 37.4. The van der Waals surface area contributed by atoms with Gasteiger partial charge in [0.2, 0.25) is 0 Å². The van der Waals surface area contributed by atoms with E-state index in [0.29, 0.717) is 5.56 Å². The Morgan fingerprint density at radius 1 is 0.962 bits per heavy atom. The molecule has 0 aliphatic carbocycles. The summed E-state index contributed by atoms with van der Waals surface area (Å²) in [6, 6.07) is 13.8. The van der Waals surface area contributed by atoms with Crippen LogP contribution in [0.2, 0.25) is 0 Å². The predicted octanol–water partition coefficient (Wildman–Crippen LogP) is 3.38. The molecule has 0 bridgehead atoms. The normalized spacial score (nSPS) is 15.9. The largest absolute Gasteiger partial charge is 0.508 e. The smallest absolute Gasteiger partial charge is 0.401 e. The van der Waals surface area contributed by atoms with Crippen LogP contribution in [0, 0.1) is 0 Å². The number of nitrogens with zero attached hydrogens (tertiary/aromatic N) is 2. The second-order valence-electron chi connectivity index (χ2n) is 6.31. The van der Waals surface area contributed by atoms with Gasteiger partial charge in [-0.3, -0.25) is 9.69 Å². The quantitative estimate of drug-likeness (QED) is 0.908. The highest BCUT2D eigenvalue weighted by atomic mass is 19.4. The van der Waals surface area contributed by atoms with Crippen LogP contribution < -0.4 is 0 Å². The van der Waals surface area contributed by atoms with Crippen molar-refractivity contribution in [3.8, 4) is 16.9 Å². The number of alkyl halides is 3. The average Bonchev–Trinajstić information content (AvgIpc) is 2.61. The third kappa shape index (κ3) is 4.54. The molecule has 26 heavy (non-hydrogen) atoms. The topological polar surface area (TPSA) is 43.8 Å². The van der Waals surface area contributed by atoms with Crippen molar-refractivity contribution in [1.82, 2.24) is 9.80 Å². The fourth-order valence-electron chi connectivity index (χ4n) is 3.03. The minimum Gasteiger partial charge on any atom is -0.508 e. The van der Waals surface area contributed by atoms with Gasteiger partial charge in [0.25, 0.3) is 5.91 Å². The van der Waals surface area contributed by atoms with E-state index in [1.165, 1.54) is 4.90 Å². The molecule has 1 amide bonds. The van der Waals surface area contributed by atoms with Crippen LogP contribution in [-0.2, 0) is 0 Å². The first-order chi connectivity index (χ1) is 12.3.